The van der Waals surface area contributed by atoms with E-state index in [1.807, 2.05) is 38.1 Å². The van der Waals surface area contributed by atoms with Crippen molar-refractivity contribution in [2.24, 2.45) is 0 Å². The first-order valence-corrected chi connectivity index (χ1v) is 9.91. The van der Waals surface area contributed by atoms with Gasteiger partial charge >= 0.3 is 0 Å². The normalized spacial score (nSPS) is 12.1. The topological polar surface area (TPSA) is 97.6 Å². The molecule has 4 aromatic rings. The second-order valence-corrected chi connectivity index (χ2v) is 7.25. The molecule has 2 aromatic carbocycles. The predicted molar refractivity (Wildman–Crippen MR) is 116 cm³/mol. The number of nitrogens with one attached hydrogen (secondary N) is 2. The van der Waals surface area contributed by atoms with Gasteiger partial charge in [0.05, 0.1) is 22.6 Å². The molecule has 0 spiro atoms. The lowest BCUT2D eigenvalue weighted by Gasteiger charge is -2.15. The number of hydrogen-bond donors (Lipinski definition) is 2. The van der Waals surface area contributed by atoms with E-state index >= 15 is 0 Å². The van der Waals surface area contributed by atoms with Crippen LogP contribution in [0.4, 0.5) is 0 Å². The molecule has 0 aliphatic carbocycles. The average Bonchev–Trinajstić information content (AvgIpc) is 3.28. The molecule has 0 radical (unpaired) electrons. The molecule has 2 heterocycles. The maximum Gasteiger partial charge on any atom is 0.262 e. The molecule has 2 N–H and O–H groups in total. The van der Waals surface area contributed by atoms with Crippen LogP contribution in [-0.2, 0) is 6.54 Å². The highest BCUT2D eigenvalue weighted by Gasteiger charge is 2.14. The number of aromatic amines is 1. The lowest BCUT2D eigenvalue weighted by Crippen LogP contribution is -2.27. The van der Waals surface area contributed by atoms with E-state index in [2.05, 4.69) is 20.4 Å². The Morgan fingerprint density at radius 2 is 2.00 bits per heavy atom. The summed E-state index contributed by atoms with van der Waals surface area (Å²) in [6.45, 7) is 4.26. The molecule has 9 heteroatoms. The Morgan fingerprint density at radius 3 is 2.67 bits per heavy atom. The van der Waals surface area contributed by atoms with E-state index in [1.165, 1.54) is 10.9 Å². The van der Waals surface area contributed by atoms with Gasteiger partial charge in [-0.15, -0.1) is 0 Å². The maximum absolute atomic E-state index is 12.8. The lowest BCUT2D eigenvalue weighted by atomic mass is 10.1. The molecule has 0 aliphatic rings. The number of nitrogens with zero attached hydrogens (tertiary/aromatic N) is 4. The second kappa shape index (κ2) is 8.03. The van der Waals surface area contributed by atoms with Crippen LogP contribution in [0.3, 0.4) is 0 Å². The van der Waals surface area contributed by atoms with Crippen molar-refractivity contribution in [3.63, 3.8) is 0 Å². The zero-order valence-electron chi connectivity index (χ0n) is 16.5. The quantitative estimate of drug-likeness (QED) is 0.484. The smallest absolute Gasteiger partial charge is 0.262 e. The minimum absolute atomic E-state index is 0.163. The molecule has 8 nitrogen and oxygen atoms in total. The zero-order valence-corrected chi connectivity index (χ0v) is 17.3. The van der Waals surface area contributed by atoms with Crippen molar-refractivity contribution in [2.45, 2.75) is 26.4 Å². The Labute approximate surface area is 177 Å². The van der Waals surface area contributed by atoms with E-state index < -0.39 is 0 Å². The van der Waals surface area contributed by atoms with Crippen LogP contribution in [0.1, 0.15) is 35.8 Å². The lowest BCUT2D eigenvalue weighted by molar-refractivity contribution is 0.0940. The number of hydrogen-bond acceptors (Lipinski definition) is 5. The summed E-state index contributed by atoms with van der Waals surface area (Å²) in [5.41, 5.74) is 2.68. The highest BCUT2D eigenvalue weighted by atomic mass is 32.1. The largest absolute Gasteiger partial charge is 0.346 e. The molecule has 30 heavy (non-hydrogen) atoms. The molecule has 2 aromatic heterocycles. The SMILES string of the molecule is CCn1c(=S)[nH]c2cc(C(=O)N[C@H](C)c3ccc(-n4cncn4)cc3)ccc2c1=O. The zero-order chi connectivity index (χ0) is 21.3. The molecule has 0 unspecified atom stereocenters. The van der Waals surface area contributed by atoms with Crippen molar-refractivity contribution in [1.29, 1.82) is 0 Å². The monoisotopic (exact) mass is 420 g/mol. The van der Waals surface area contributed by atoms with E-state index in [0.29, 0.717) is 27.8 Å². The highest BCUT2D eigenvalue weighted by Crippen LogP contribution is 2.17. The van der Waals surface area contributed by atoms with Gasteiger partial charge in [-0.1, -0.05) is 12.1 Å². The summed E-state index contributed by atoms with van der Waals surface area (Å²) < 4.78 is 3.49. The Balaban J connectivity index is 1.55. The molecule has 0 bridgehead atoms. The van der Waals surface area contributed by atoms with Gasteiger partial charge in [-0.3, -0.25) is 14.2 Å². The van der Waals surface area contributed by atoms with Gasteiger partial charge in [0, 0.05) is 12.1 Å². The van der Waals surface area contributed by atoms with Gasteiger partial charge in [-0.05, 0) is 62.0 Å². The van der Waals surface area contributed by atoms with Gasteiger partial charge in [0.2, 0.25) is 0 Å². The second-order valence-electron chi connectivity index (χ2n) is 6.87. The Bertz CT molecular complexity index is 1320. The fourth-order valence-corrected chi connectivity index (χ4v) is 3.63. The molecular weight excluding hydrogens is 400 g/mol. The number of amides is 1. The van der Waals surface area contributed by atoms with E-state index in [0.717, 1.165) is 11.3 Å². The van der Waals surface area contributed by atoms with Crippen molar-refractivity contribution in [1.82, 2.24) is 29.6 Å². The van der Waals surface area contributed by atoms with Crippen LogP contribution in [0.2, 0.25) is 0 Å². The fourth-order valence-electron chi connectivity index (χ4n) is 3.30. The molecular formula is C21H20N6O2S. The third-order valence-electron chi connectivity index (χ3n) is 4.98. The van der Waals surface area contributed by atoms with Crippen molar-refractivity contribution in [3.05, 3.63) is 81.4 Å². The third-order valence-corrected chi connectivity index (χ3v) is 5.31. The maximum atomic E-state index is 12.8. The van der Waals surface area contributed by atoms with Crippen molar-refractivity contribution < 1.29 is 4.79 Å². The summed E-state index contributed by atoms with van der Waals surface area (Å²) in [4.78, 5) is 32.2. The summed E-state index contributed by atoms with van der Waals surface area (Å²) in [6, 6.07) is 12.5. The van der Waals surface area contributed by atoms with Crippen molar-refractivity contribution >= 4 is 29.0 Å². The molecule has 1 atom stereocenters. The Hall–Kier alpha value is -3.59. The molecule has 4 rings (SSSR count). The van der Waals surface area contributed by atoms with E-state index in [1.54, 1.807) is 29.2 Å². The van der Waals surface area contributed by atoms with Crippen LogP contribution in [0, 0.1) is 4.77 Å². The summed E-state index contributed by atoms with van der Waals surface area (Å²) in [5, 5.41) is 7.58. The number of benzene rings is 2. The van der Waals surface area contributed by atoms with Gasteiger partial charge < -0.3 is 10.3 Å². The number of rotatable bonds is 5. The Morgan fingerprint density at radius 1 is 1.23 bits per heavy atom. The van der Waals surface area contributed by atoms with Crippen LogP contribution in [0.25, 0.3) is 16.6 Å². The summed E-state index contributed by atoms with van der Waals surface area (Å²) in [6.07, 6.45) is 3.10. The molecule has 152 valence electrons. The van der Waals surface area contributed by atoms with Crippen molar-refractivity contribution in [3.8, 4) is 5.69 Å². The number of aromatic nitrogens is 5. The average molecular weight is 420 g/mol. The molecule has 0 fully saturated rings. The van der Waals surface area contributed by atoms with Crippen LogP contribution >= 0.6 is 12.2 Å². The van der Waals surface area contributed by atoms with Gasteiger partial charge in [0.1, 0.15) is 12.7 Å². The van der Waals surface area contributed by atoms with Gasteiger partial charge in [-0.25, -0.2) is 9.67 Å². The number of carbonyl (C=O) groups is 1. The van der Waals surface area contributed by atoms with E-state index in [-0.39, 0.29) is 17.5 Å². The Kier molecular flexibility index (Phi) is 5.28. The van der Waals surface area contributed by atoms with Gasteiger partial charge in [0.15, 0.2) is 4.77 Å². The first-order valence-electron chi connectivity index (χ1n) is 9.50. The highest BCUT2D eigenvalue weighted by molar-refractivity contribution is 7.71. The van der Waals surface area contributed by atoms with E-state index in [9.17, 15) is 9.59 Å². The standard InChI is InChI=1S/C21H20N6O2S/c1-3-26-20(29)17-9-6-15(10-18(17)25-21(26)30)19(28)24-13(2)14-4-7-16(8-5-14)27-12-22-11-23-27/h4-13H,3H2,1-2H3,(H,24,28)(H,25,30)/t13-/m1/s1. The summed E-state index contributed by atoms with van der Waals surface area (Å²) in [5.74, 6) is -0.233. The fraction of sp³-hybridized carbons (Fsp3) is 0.190. The van der Waals surface area contributed by atoms with Crippen LogP contribution in [-0.4, -0.2) is 30.2 Å². The minimum Gasteiger partial charge on any atom is -0.346 e. The van der Waals surface area contributed by atoms with Crippen LogP contribution in [0.15, 0.2) is 59.9 Å². The first kappa shape index (κ1) is 19.7. The molecule has 0 aliphatic heterocycles. The van der Waals surface area contributed by atoms with Gasteiger partial charge in [-0.2, -0.15) is 5.10 Å². The molecule has 0 saturated carbocycles. The minimum atomic E-state index is -0.233. The number of H-pyrrole nitrogens is 1. The summed E-state index contributed by atoms with van der Waals surface area (Å²) in [7, 11) is 0. The van der Waals surface area contributed by atoms with Crippen LogP contribution < -0.4 is 10.9 Å². The van der Waals surface area contributed by atoms with Gasteiger partial charge in [0.25, 0.3) is 11.5 Å². The predicted octanol–water partition coefficient (Wildman–Crippen LogP) is 3.15. The van der Waals surface area contributed by atoms with E-state index in [4.69, 9.17) is 12.2 Å². The number of fused-ring (bicyclic) bond motifs is 1. The third kappa shape index (κ3) is 3.67. The summed E-state index contributed by atoms with van der Waals surface area (Å²) >= 11 is 5.25. The van der Waals surface area contributed by atoms with Crippen LogP contribution in [0.5, 0.6) is 0 Å². The van der Waals surface area contributed by atoms with Crippen molar-refractivity contribution in [2.75, 3.05) is 0 Å². The molecule has 1 amide bonds. The molecule has 0 saturated heterocycles. The first-order chi connectivity index (χ1) is 14.5. The number of carbonyl (C=O) groups excluding carboxylic acids is 1.